The van der Waals surface area contributed by atoms with E-state index < -0.39 is 23.2 Å². The molecule has 2 amide bonds. The van der Waals surface area contributed by atoms with Crippen LogP contribution in [0.5, 0.6) is 11.5 Å². The fourth-order valence-corrected chi connectivity index (χ4v) is 4.09. The lowest BCUT2D eigenvalue weighted by Gasteiger charge is -2.48. The van der Waals surface area contributed by atoms with E-state index in [1.807, 2.05) is 32.9 Å². The van der Waals surface area contributed by atoms with E-state index in [4.69, 9.17) is 19.9 Å². The van der Waals surface area contributed by atoms with Crippen LogP contribution in [0.25, 0.3) is 0 Å². The maximum absolute atomic E-state index is 12.9. The number of rotatable bonds is 8. The first kappa shape index (κ1) is 24.1. The average molecular weight is 459 g/mol. The summed E-state index contributed by atoms with van der Waals surface area (Å²) in [6.07, 6.45) is -0.882. The standard InChI is InChI=1S/C20H31BrN2O5/c1-19(2,3)17(20(4,5)28-18(22)25)23(16(24)11-21)12-13-8-9-14(26-6)10-15(13)27-7/h8-10,17H,11-12H2,1-7H3,(H2,22,25). The molecule has 7 nitrogen and oxygen atoms in total. The van der Waals surface area contributed by atoms with Crippen molar-refractivity contribution in [2.24, 2.45) is 11.1 Å². The van der Waals surface area contributed by atoms with Gasteiger partial charge in [0.05, 0.1) is 25.6 Å². The molecule has 1 aromatic carbocycles. The highest BCUT2D eigenvalue weighted by molar-refractivity contribution is 9.09. The second kappa shape index (κ2) is 9.49. The van der Waals surface area contributed by atoms with Gasteiger partial charge in [-0.1, -0.05) is 36.7 Å². The van der Waals surface area contributed by atoms with Crippen LogP contribution in [0.2, 0.25) is 0 Å². The topological polar surface area (TPSA) is 91.1 Å². The Morgan fingerprint density at radius 1 is 1.14 bits per heavy atom. The molecule has 0 saturated heterocycles. The molecule has 1 aromatic rings. The van der Waals surface area contributed by atoms with Crippen molar-refractivity contribution in [3.05, 3.63) is 23.8 Å². The van der Waals surface area contributed by atoms with Crippen LogP contribution >= 0.6 is 15.9 Å². The SMILES string of the molecule is COc1ccc(CN(C(=O)CBr)C(C(C)(C)C)C(C)(C)OC(N)=O)c(OC)c1. The van der Waals surface area contributed by atoms with E-state index in [0.29, 0.717) is 11.5 Å². The predicted octanol–water partition coefficient (Wildman–Crippen LogP) is 3.72. The van der Waals surface area contributed by atoms with Crippen LogP contribution in [0, 0.1) is 5.41 Å². The van der Waals surface area contributed by atoms with Crippen LogP contribution in [0.3, 0.4) is 0 Å². The maximum Gasteiger partial charge on any atom is 0.405 e. The molecule has 1 rings (SSSR count). The van der Waals surface area contributed by atoms with Gasteiger partial charge in [0.2, 0.25) is 5.91 Å². The number of nitrogens with zero attached hydrogens (tertiary/aromatic N) is 1. The molecule has 0 aromatic heterocycles. The highest BCUT2D eigenvalue weighted by Gasteiger charge is 2.46. The molecule has 0 aliphatic carbocycles. The van der Waals surface area contributed by atoms with Crippen LogP contribution in [0.15, 0.2) is 18.2 Å². The lowest BCUT2D eigenvalue weighted by molar-refractivity contribution is -0.144. The number of hydrogen-bond donors (Lipinski definition) is 1. The van der Waals surface area contributed by atoms with Crippen molar-refractivity contribution < 1.29 is 23.8 Å². The summed E-state index contributed by atoms with van der Waals surface area (Å²) in [5.74, 6) is 1.12. The Kier molecular flexibility index (Phi) is 8.16. The second-order valence-electron chi connectivity index (χ2n) is 8.13. The number of hydrogen-bond acceptors (Lipinski definition) is 5. The van der Waals surface area contributed by atoms with E-state index in [1.54, 1.807) is 39.0 Å². The van der Waals surface area contributed by atoms with Crippen LogP contribution in [-0.4, -0.2) is 48.1 Å². The van der Waals surface area contributed by atoms with E-state index >= 15 is 0 Å². The van der Waals surface area contributed by atoms with Crippen molar-refractivity contribution in [2.45, 2.75) is 52.8 Å². The summed E-state index contributed by atoms with van der Waals surface area (Å²) < 4.78 is 16.1. The minimum atomic E-state index is -1.01. The minimum Gasteiger partial charge on any atom is -0.497 e. The van der Waals surface area contributed by atoms with Gasteiger partial charge in [-0.05, 0) is 31.4 Å². The highest BCUT2D eigenvalue weighted by atomic mass is 79.9. The zero-order valence-corrected chi connectivity index (χ0v) is 19.3. The van der Waals surface area contributed by atoms with Gasteiger partial charge in [0.25, 0.3) is 0 Å². The van der Waals surface area contributed by atoms with E-state index in [2.05, 4.69) is 15.9 Å². The highest BCUT2D eigenvalue weighted by Crippen LogP contribution is 2.37. The van der Waals surface area contributed by atoms with Gasteiger partial charge in [-0.3, -0.25) is 4.79 Å². The second-order valence-corrected chi connectivity index (χ2v) is 8.69. The normalized spacial score (nSPS) is 12.9. The third-order valence-electron chi connectivity index (χ3n) is 4.42. The molecule has 0 fully saturated rings. The Hall–Kier alpha value is -1.96. The van der Waals surface area contributed by atoms with Crippen molar-refractivity contribution in [3.8, 4) is 11.5 Å². The molecule has 0 saturated carbocycles. The van der Waals surface area contributed by atoms with Crippen molar-refractivity contribution in [1.29, 1.82) is 0 Å². The smallest absolute Gasteiger partial charge is 0.405 e. The van der Waals surface area contributed by atoms with Crippen molar-refractivity contribution in [1.82, 2.24) is 4.90 Å². The van der Waals surface area contributed by atoms with Gasteiger partial charge in [0.1, 0.15) is 17.1 Å². The summed E-state index contributed by atoms with van der Waals surface area (Å²) in [5.41, 5.74) is 4.68. The predicted molar refractivity (Wildman–Crippen MR) is 112 cm³/mol. The van der Waals surface area contributed by atoms with Crippen molar-refractivity contribution >= 4 is 27.9 Å². The van der Waals surface area contributed by atoms with Crippen molar-refractivity contribution in [3.63, 3.8) is 0 Å². The number of amides is 2. The van der Waals surface area contributed by atoms with E-state index in [-0.39, 0.29) is 17.8 Å². The third-order valence-corrected chi connectivity index (χ3v) is 4.90. The number of primary amides is 1. The van der Waals surface area contributed by atoms with Crippen LogP contribution < -0.4 is 15.2 Å². The molecule has 158 valence electrons. The third kappa shape index (κ3) is 6.02. The first-order valence-corrected chi connectivity index (χ1v) is 10.0. The number of carbonyl (C=O) groups excluding carboxylic acids is 2. The van der Waals surface area contributed by atoms with Gasteiger partial charge in [-0.25, -0.2) is 4.79 Å². The fraction of sp³-hybridized carbons (Fsp3) is 0.600. The van der Waals surface area contributed by atoms with Crippen molar-refractivity contribution in [2.75, 3.05) is 19.5 Å². The molecule has 2 N–H and O–H groups in total. The molecule has 0 heterocycles. The first-order chi connectivity index (χ1) is 12.9. The zero-order valence-electron chi connectivity index (χ0n) is 17.7. The molecule has 0 radical (unpaired) electrons. The van der Waals surface area contributed by atoms with Gasteiger partial charge in [-0.15, -0.1) is 0 Å². The van der Waals surface area contributed by atoms with E-state index in [0.717, 1.165) is 5.56 Å². The molecule has 0 aliphatic heterocycles. The fourth-order valence-electron chi connectivity index (χ4n) is 3.77. The summed E-state index contributed by atoms with van der Waals surface area (Å²) >= 11 is 3.26. The summed E-state index contributed by atoms with van der Waals surface area (Å²) in [5, 5.41) is 0.130. The zero-order chi connectivity index (χ0) is 21.7. The Bertz CT molecular complexity index is 700. The largest absolute Gasteiger partial charge is 0.497 e. The molecular formula is C20H31BrN2O5. The van der Waals surface area contributed by atoms with Gasteiger partial charge in [-0.2, -0.15) is 0 Å². The number of benzene rings is 1. The van der Waals surface area contributed by atoms with Crippen LogP contribution in [0.1, 0.15) is 40.2 Å². The first-order valence-electron chi connectivity index (χ1n) is 8.92. The summed E-state index contributed by atoms with van der Waals surface area (Å²) in [7, 11) is 3.14. The van der Waals surface area contributed by atoms with Gasteiger partial charge in [0, 0.05) is 18.2 Å². The number of halogens is 1. The number of carbonyl (C=O) groups is 2. The van der Waals surface area contributed by atoms with Crippen LogP contribution in [-0.2, 0) is 16.1 Å². The molecule has 1 unspecified atom stereocenters. The Labute approximate surface area is 175 Å². The Balaban J connectivity index is 3.46. The molecule has 0 aliphatic rings. The van der Waals surface area contributed by atoms with Gasteiger partial charge >= 0.3 is 6.09 Å². The molecule has 8 heteroatoms. The summed E-state index contributed by atoms with van der Waals surface area (Å²) in [6.45, 7) is 9.75. The number of alkyl halides is 1. The molecule has 28 heavy (non-hydrogen) atoms. The number of methoxy groups -OCH3 is 2. The van der Waals surface area contributed by atoms with E-state index in [9.17, 15) is 9.59 Å². The molecule has 0 spiro atoms. The Morgan fingerprint density at radius 2 is 1.75 bits per heavy atom. The Morgan fingerprint density at radius 3 is 2.18 bits per heavy atom. The lowest BCUT2D eigenvalue weighted by atomic mass is 9.76. The molecule has 1 atom stereocenters. The lowest BCUT2D eigenvalue weighted by Crippen LogP contribution is -2.60. The van der Waals surface area contributed by atoms with Crippen LogP contribution in [0.4, 0.5) is 4.79 Å². The maximum atomic E-state index is 12.9. The number of nitrogens with two attached hydrogens (primary N) is 1. The molecular weight excluding hydrogens is 428 g/mol. The van der Waals surface area contributed by atoms with Gasteiger partial charge in [0.15, 0.2) is 0 Å². The minimum absolute atomic E-state index is 0.130. The van der Waals surface area contributed by atoms with Gasteiger partial charge < -0.3 is 24.8 Å². The summed E-state index contributed by atoms with van der Waals surface area (Å²) in [4.78, 5) is 26.1. The van der Waals surface area contributed by atoms with E-state index in [1.165, 1.54) is 0 Å². The number of ether oxygens (including phenoxy) is 3. The summed E-state index contributed by atoms with van der Waals surface area (Å²) in [6, 6.07) is 4.98. The molecule has 0 bridgehead atoms. The average Bonchev–Trinajstić information content (AvgIpc) is 2.57. The quantitative estimate of drug-likeness (QED) is 0.599. The monoisotopic (exact) mass is 458 g/mol.